The van der Waals surface area contributed by atoms with Gasteiger partial charge in [0.2, 0.25) is 11.9 Å². The topological polar surface area (TPSA) is 98.3 Å². The molecule has 2 aromatic rings. The Morgan fingerprint density at radius 3 is 2.85 bits per heavy atom. The Labute approximate surface area is 156 Å². The van der Waals surface area contributed by atoms with Crippen LogP contribution >= 0.6 is 0 Å². The minimum atomic E-state index is -0.331. The zero-order chi connectivity index (χ0) is 18.6. The quantitative estimate of drug-likeness (QED) is 0.790. The van der Waals surface area contributed by atoms with Gasteiger partial charge in [-0.2, -0.15) is 9.67 Å². The van der Waals surface area contributed by atoms with Crippen LogP contribution in [0.1, 0.15) is 0 Å². The van der Waals surface area contributed by atoms with Crippen molar-refractivity contribution >= 4 is 23.5 Å². The van der Waals surface area contributed by atoms with Gasteiger partial charge in [-0.3, -0.25) is 0 Å². The molecule has 1 aromatic carbocycles. The first kappa shape index (κ1) is 17.1. The Hall–Kier alpha value is -3.35. The van der Waals surface area contributed by atoms with Gasteiger partial charge >= 0.3 is 0 Å². The van der Waals surface area contributed by atoms with Gasteiger partial charge < -0.3 is 20.7 Å². The van der Waals surface area contributed by atoms with Crippen molar-refractivity contribution in [1.82, 2.24) is 14.8 Å². The standard InChI is InChI=1S/C19H20N6O2/c20-18-22-19(21-17-7-2-1-4-14(17)13-26)23-25(18)16-6-3-5-15(12-16)24-8-10-27-11-9-24/h1-7,12,17H,8-11H2,(H3,20,21,22,23). The van der Waals surface area contributed by atoms with Crippen LogP contribution in [0.2, 0.25) is 0 Å². The fourth-order valence-corrected chi connectivity index (χ4v) is 3.12. The van der Waals surface area contributed by atoms with Gasteiger partial charge in [0.15, 0.2) is 0 Å². The number of carbonyl (C=O) groups excluding carboxylic acids is 1. The zero-order valence-electron chi connectivity index (χ0n) is 14.7. The lowest BCUT2D eigenvalue weighted by Gasteiger charge is -2.29. The molecule has 1 aliphatic heterocycles. The van der Waals surface area contributed by atoms with Crippen LogP contribution in [-0.2, 0) is 9.53 Å². The van der Waals surface area contributed by atoms with Crippen molar-refractivity contribution in [2.75, 3.05) is 42.3 Å². The Morgan fingerprint density at radius 1 is 1.22 bits per heavy atom. The second-order valence-electron chi connectivity index (χ2n) is 6.25. The van der Waals surface area contributed by atoms with Gasteiger partial charge in [0, 0.05) is 18.8 Å². The van der Waals surface area contributed by atoms with E-state index < -0.39 is 0 Å². The van der Waals surface area contributed by atoms with E-state index in [-0.39, 0.29) is 12.0 Å². The number of hydrogen-bond acceptors (Lipinski definition) is 7. The summed E-state index contributed by atoms with van der Waals surface area (Å²) < 4.78 is 6.99. The maximum absolute atomic E-state index is 11.1. The van der Waals surface area contributed by atoms with Crippen molar-refractivity contribution < 1.29 is 9.53 Å². The molecule has 1 fully saturated rings. The number of benzene rings is 1. The van der Waals surface area contributed by atoms with E-state index in [0.717, 1.165) is 37.7 Å². The molecule has 4 rings (SSSR count). The molecule has 138 valence electrons. The summed E-state index contributed by atoms with van der Waals surface area (Å²) >= 11 is 0. The molecule has 8 heteroatoms. The molecule has 1 aromatic heterocycles. The highest BCUT2D eigenvalue weighted by Crippen LogP contribution is 2.22. The van der Waals surface area contributed by atoms with Crippen LogP contribution in [0.15, 0.2) is 54.1 Å². The summed E-state index contributed by atoms with van der Waals surface area (Å²) in [5.74, 6) is 2.54. The Kier molecular flexibility index (Phi) is 4.74. The summed E-state index contributed by atoms with van der Waals surface area (Å²) in [7, 11) is 0. The monoisotopic (exact) mass is 364 g/mol. The van der Waals surface area contributed by atoms with Crippen LogP contribution in [0.5, 0.6) is 0 Å². The normalized spacial score (nSPS) is 19.2. The third-order valence-electron chi connectivity index (χ3n) is 4.51. The SMILES string of the molecule is Nc1nc(NC2C=CC=CC2=C=O)nn1-c1cccc(N2CCOCC2)c1. The highest BCUT2D eigenvalue weighted by atomic mass is 16.5. The number of nitrogen functional groups attached to an aromatic ring is 1. The summed E-state index contributed by atoms with van der Waals surface area (Å²) in [6, 6.07) is 7.65. The van der Waals surface area contributed by atoms with Crippen LogP contribution < -0.4 is 16.0 Å². The van der Waals surface area contributed by atoms with Gasteiger partial charge in [-0.05, 0) is 24.3 Å². The van der Waals surface area contributed by atoms with Crippen molar-refractivity contribution in [2.24, 2.45) is 0 Å². The number of morpholine rings is 1. The molecule has 1 atom stereocenters. The summed E-state index contributed by atoms with van der Waals surface area (Å²) in [6.07, 6.45) is 7.19. The van der Waals surface area contributed by atoms with Crippen LogP contribution in [-0.4, -0.2) is 53.1 Å². The summed E-state index contributed by atoms with van der Waals surface area (Å²) in [4.78, 5) is 17.6. The number of anilines is 3. The molecule has 8 nitrogen and oxygen atoms in total. The Morgan fingerprint density at radius 2 is 2.04 bits per heavy atom. The van der Waals surface area contributed by atoms with E-state index in [2.05, 4.69) is 26.4 Å². The van der Waals surface area contributed by atoms with Gasteiger partial charge in [-0.25, -0.2) is 4.79 Å². The minimum absolute atomic E-state index is 0.267. The van der Waals surface area contributed by atoms with E-state index >= 15 is 0 Å². The van der Waals surface area contributed by atoms with Crippen molar-refractivity contribution in [2.45, 2.75) is 6.04 Å². The number of nitrogens with one attached hydrogen (secondary N) is 1. The van der Waals surface area contributed by atoms with Gasteiger partial charge in [0.05, 0.1) is 30.5 Å². The van der Waals surface area contributed by atoms with Crippen molar-refractivity contribution in [1.29, 1.82) is 0 Å². The first-order valence-corrected chi connectivity index (χ1v) is 8.76. The highest BCUT2D eigenvalue weighted by Gasteiger charge is 2.17. The first-order chi connectivity index (χ1) is 13.2. The van der Waals surface area contributed by atoms with E-state index in [1.165, 1.54) is 0 Å². The smallest absolute Gasteiger partial charge is 0.245 e. The van der Waals surface area contributed by atoms with Crippen molar-refractivity contribution in [3.05, 3.63) is 54.1 Å². The molecule has 0 radical (unpaired) electrons. The zero-order valence-corrected chi connectivity index (χ0v) is 14.7. The first-order valence-electron chi connectivity index (χ1n) is 8.76. The predicted octanol–water partition coefficient (Wildman–Crippen LogP) is 1.35. The maximum Gasteiger partial charge on any atom is 0.245 e. The number of aromatic nitrogens is 3. The van der Waals surface area contributed by atoms with Gasteiger partial charge in [0.1, 0.15) is 5.94 Å². The molecule has 27 heavy (non-hydrogen) atoms. The Balaban J connectivity index is 1.57. The molecule has 0 amide bonds. The molecule has 1 aliphatic carbocycles. The molecule has 1 unspecified atom stereocenters. The third kappa shape index (κ3) is 3.62. The third-order valence-corrected chi connectivity index (χ3v) is 4.51. The van der Waals surface area contributed by atoms with Crippen LogP contribution in [0.25, 0.3) is 5.69 Å². The number of allylic oxidation sites excluding steroid dienone is 2. The molecule has 0 spiro atoms. The summed E-state index contributed by atoms with van der Waals surface area (Å²) in [5.41, 5.74) is 8.47. The molecular formula is C19H20N6O2. The van der Waals surface area contributed by atoms with Crippen LogP contribution in [0.3, 0.4) is 0 Å². The van der Waals surface area contributed by atoms with E-state index in [1.54, 1.807) is 16.8 Å². The van der Waals surface area contributed by atoms with Gasteiger partial charge in [-0.15, -0.1) is 5.10 Å². The highest BCUT2D eigenvalue weighted by molar-refractivity contribution is 5.64. The summed E-state index contributed by atoms with van der Waals surface area (Å²) in [6.45, 7) is 3.15. The fraction of sp³-hybridized carbons (Fsp3) is 0.263. The van der Waals surface area contributed by atoms with Crippen LogP contribution in [0, 0.1) is 0 Å². The largest absolute Gasteiger partial charge is 0.378 e. The maximum atomic E-state index is 11.1. The molecule has 2 heterocycles. The summed E-state index contributed by atoms with van der Waals surface area (Å²) in [5, 5.41) is 7.56. The molecule has 0 saturated carbocycles. The lowest BCUT2D eigenvalue weighted by Crippen LogP contribution is -2.36. The average Bonchev–Trinajstić information content (AvgIpc) is 3.09. The van der Waals surface area contributed by atoms with E-state index in [4.69, 9.17) is 10.5 Å². The fourth-order valence-electron chi connectivity index (χ4n) is 3.12. The van der Waals surface area contributed by atoms with Crippen LogP contribution in [0.4, 0.5) is 17.6 Å². The molecule has 2 aliphatic rings. The number of rotatable bonds is 4. The van der Waals surface area contributed by atoms with Crippen molar-refractivity contribution in [3.8, 4) is 5.69 Å². The number of nitrogens with zero attached hydrogens (tertiary/aromatic N) is 4. The lowest BCUT2D eigenvalue weighted by molar-refractivity contribution is 0.122. The molecular weight excluding hydrogens is 344 g/mol. The average molecular weight is 364 g/mol. The number of hydrogen-bond donors (Lipinski definition) is 2. The van der Waals surface area contributed by atoms with E-state index in [1.807, 2.05) is 36.3 Å². The number of nitrogens with two attached hydrogens (primary N) is 1. The predicted molar refractivity (Wildman–Crippen MR) is 104 cm³/mol. The lowest BCUT2D eigenvalue weighted by atomic mass is 10.0. The molecule has 1 saturated heterocycles. The van der Waals surface area contributed by atoms with E-state index in [9.17, 15) is 4.79 Å². The van der Waals surface area contributed by atoms with Gasteiger partial charge in [0.25, 0.3) is 0 Å². The van der Waals surface area contributed by atoms with Gasteiger partial charge in [-0.1, -0.05) is 24.3 Å². The number of ether oxygens (including phenoxy) is 1. The molecule has 3 N–H and O–H groups in total. The minimum Gasteiger partial charge on any atom is -0.378 e. The van der Waals surface area contributed by atoms with E-state index in [0.29, 0.717) is 11.5 Å². The second kappa shape index (κ2) is 7.49. The van der Waals surface area contributed by atoms with Crippen molar-refractivity contribution in [3.63, 3.8) is 0 Å². The molecule has 0 bridgehead atoms. The second-order valence-corrected chi connectivity index (χ2v) is 6.25. The Bertz CT molecular complexity index is 935.